The summed E-state index contributed by atoms with van der Waals surface area (Å²) in [6, 6.07) is 8.63. The van der Waals surface area contributed by atoms with Gasteiger partial charge in [-0.1, -0.05) is 34.1 Å². The van der Waals surface area contributed by atoms with E-state index in [0.717, 1.165) is 43.0 Å². The second-order valence-electron chi connectivity index (χ2n) is 5.27. The van der Waals surface area contributed by atoms with Crippen LogP contribution in [-0.4, -0.2) is 38.3 Å². The Labute approximate surface area is 124 Å². The van der Waals surface area contributed by atoms with Gasteiger partial charge in [0, 0.05) is 36.8 Å². The van der Waals surface area contributed by atoms with Crippen molar-refractivity contribution in [2.45, 2.75) is 18.9 Å². The molecule has 1 fully saturated rings. The summed E-state index contributed by atoms with van der Waals surface area (Å²) in [7, 11) is 2.17. The van der Waals surface area contributed by atoms with Gasteiger partial charge in [-0.25, -0.2) is 0 Å². The van der Waals surface area contributed by atoms with Crippen LogP contribution in [0, 0.1) is 5.92 Å². The molecular formula is C15H23BrN2O. The number of benzene rings is 1. The van der Waals surface area contributed by atoms with E-state index in [9.17, 15) is 0 Å². The first-order valence-electron chi connectivity index (χ1n) is 6.95. The topological polar surface area (TPSA) is 38.5 Å². The van der Waals surface area contributed by atoms with E-state index in [1.165, 1.54) is 5.56 Å². The van der Waals surface area contributed by atoms with Gasteiger partial charge in [0.2, 0.25) is 0 Å². The highest BCUT2D eigenvalue weighted by atomic mass is 79.9. The molecule has 3 nitrogen and oxygen atoms in total. The highest BCUT2D eigenvalue weighted by Crippen LogP contribution is 2.28. The van der Waals surface area contributed by atoms with Crippen LogP contribution in [0.25, 0.3) is 0 Å². The first-order valence-corrected chi connectivity index (χ1v) is 7.74. The molecule has 1 atom stereocenters. The lowest BCUT2D eigenvalue weighted by Gasteiger charge is -2.33. The number of rotatable bonds is 5. The molecule has 4 heteroatoms. The largest absolute Gasteiger partial charge is 0.381 e. The van der Waals surface area contributed by atoms with Crippen molar-refractivity contribution in [3.05, 3.63) is 34.3 Å². The Bertz CT molecular complexity index is 393. The van der Waals surface area contributed by atoms with Crippen molar-refractivity contribution in [2.24, 2.45) is 11.7 Å². The van der Waals surface area contributed by atoms with Crippen LogP contribution in [0.2, 0.25) is 0 Å². The van der Waals surface area contributed by atoms with Crippen LogP contribution in [0.15, 0.2) is 28.7 Å². The predicted molar refractivity (Wildman–Crippen MR) is 82.1 cm³/mol. The van der Waals surface area contributed by atoms with Crippen molar-refractivity contribution in [2.75, 3.05) is 33.4 Å². The number of nitrogens with two attached hydrogens (primary N) is 1. The van der Waals surface area contributed by atoms with Crippen molar-refractivity contribution in [1.82, 2.24) is 4.90 Å². The fourth-order valence-electron chi connectivity index (χ4n) is 2.75. The van der Waals surface area contributed by atoms with Crippen molar-refractivity contribution >= 4 is 15.9 Å². The normalized spacial score (nSPS) is 18.7. The third kappa shape index (κ3) is 4.02. The highest BCUT2D eigenvalue weighted by molar-refractivity contribution is 9.10. The van der Waals surface area contributed by atoms with Crippen LogP contribution >= 0.6 is 15.9 Å². The minimum atomic E-state index is 0.276. The van der Waals surface area contributed by atoms with Crippen LogP contribution < -0.4 is 5.73 Å². The highest BCUT2D eigenvalue weighted by Gasteiger charge is 2.22. The molecule has 1 saturated heterocycles. The minimum Gasteiger partial charge on any atom is -0.381 e. The molecule has 2 N–H and O–H groups in total. The Kier molecular flexibility index (Phi) is 5.82. The van der Waals surface area contributed by atoms with Gasteiger partial charge in [0.15, 0.2) is 0 Å². The fraction of sp³-hybridized carbons (Fsp3) is 0.600. The number of hydrogen-bond acceptors (Lipinski definition) is 3. The zero-order valence-corrected chi connectivity index (χ0v) is 13.1. The zero-order chi connectivity index (χ0) is 13.7. The predicted octanol–water partition coefficient (Wildman–Crippen LogP) is 2.81. The molecule has 0 aliphatic carbocycles. The van der Waals surface area contributed by atoms with Gasteiger partial charge in [0.25, 0.3) is 0 Å². The lowest BCUT2D eigenvalue weighted by Crippen LogP contribution is -2.36. The minimum absolute atomic E-state index is 0.276. The van der Waals surface area contributed by atoms with Crippen LogP contribution in [0.4, 0.5) is 0 Å². The molecule has 1 heterocycles. The number of halogens is 1. The van der Waals surface area contributed by atoms with Crippen LogP contribution in [0.3, 0.4) is 0 Å². The van der Waals surface area contributed by atoms with E-state index in [0.29, 0.717) is 6.54 Å². The zero-order valence-electron chi connectivity index (χ0n) is 11.5. The maximum atomic E-state index is 5.99. The molecule has 0 radical (unpaired) electrons. The SMILES string of the molecule is CN(CC1CCOCC1)C(CN)c1ccccc1Br. The summed E-state index contributed by atoms with van der Waals surface area (Å²) in [5.41, 5.74) is 7.27. The van der Waals surface area contributed by atoms with Gasteiger partial charge in [0.1, 0.15) is 0 Å². The molecule has 0 bridgehead atoms. The number of ether oxygens (including phenoxy) is 1. The number of nitrogens with zero attached hydrogens (tertiary/aromatic N) is 1. The summed E-state index contributed by atoms with van der Waals surface area (Å²) in [6.07, 6.45) is 2.33. The van der Waals surface area contributed by atoms with E-state index in [1.807, 2.05) is 6.07 Å². The molecule has 106 valence electrons. The van der Waals surface area contributed by atoms with E-state index in [4.69, 9.17) is 10.5 Å². The van der Waals surface area contributed by atoms with Gasteiger partial charge in [-0.3, -0.25) is 4.90 Å². The van der Waals surface area contributed by atoms with Gasteiger partial charge in [-0.2, -0.15) is 0 Å². The molecule has 0 saturated carbocycles. The van der Waals surface area contributed by atoms with Crippen molar-refractivity contribution < 1.29 is 4.74 Å². The third-order valence-corrected chi connectivity index (χ3v) is 4.63. The maximum Gasteiger partial charge on any atom is 0.0478 e. The Balaban J connectivity index is 2.02. The average Bonchev–Trinajstić information content (AvgIpc) is 2.43. The fourth-order valence-corrected chi connectivity index (χ4v) is 3.30. The summed E-state index contributed by atoms with van der Waals surface area (Å²) in [4.78, 5) is 2.38. The molecule has 0 amide bonds. The molecule has 1 aromatic rings. The van der Waals surface area contributed by atoms with Gasteiger partial charge in [0.05, 0.1) is 0 Å². The van der Waals surface area contributed by atoms with E-state index >= 15 is 0 Å². The van der Waals surface area contributed by atoms with Crippen molar-refractivity contribution in [1.29, 1.82) is 0 Å². The monoisotopic (exact) mass is 326 g/mol. The summed E-state index contributed by atoms with van der Waals surface area (Å²) >= 11 is 3.63. The molecule has 19 heavy (non-hydrogen) atoms. The summed E-state index contributed by atoms with van der Waals surface area (Å²) in [5, 5.41) is 0. The Morgan fingerprint density at radius 1 is 1.37 bits per heavy atom. The van der Waals surface area contributed by atoms with Gasteiger partial charge >= 0.3 is 0 Å². The van der Waals surface area contributed by atoms with Gasteiger partial charge in [-0.05, 0) is 37.4 Å². The first-order chi connectivity index (χ1) is 9.22. The molecule has 2 rings (SSSR count). The molecule has 0 aromatic heterocycles. The first kappa shape index (κ1) is 15.0. The number of likely N-dealkylation sites (N-methyl/N-ethyl adjacent to an activating group) is 1. The second kappa shape index (κ2) is 7.39. The molecule has 1 aliphatic heterocycles. The lowest BCUT2D eigenvalue weighted by molar-refractivity contribution is 0.0507. The van der Waals surface area contributed by atoms with E-state index in [-0.39, 0.29) is 6.04 Å². The standard InChI is InChI=1S/C15H23BrN2O/c1-18(11-12-6-8-19-9-7-12)15(10-17)13-4-2-3-5-14(13)16/h2-5,12,15H,6-11,17H2,1H3. The smallest absolute Gasteiger partial charge is 0.0478 e. The van der Waals surface area contributed by atoms with Crippen LogP contribution in [-0.2, 0) is 4.74 Å². The van der Waals surface area contributed by atoms with Crippen LogP contribution in [0.1, 0.15) is 24.4 Å². The quantitative estimate of drug-likeness (QED) is 0.904. The molecule has 1 unspecified atom stereocenters. The molecule has 1 aromatic carbocycles. The molecular weight excluding hydrogens is 304 g/mol. The Morgan fingerprint density at radius 3 is 2.68 bits per heavy atom. The number of hydrogen-bond donors (Lipinski definition) is 1. The summed E-state index contributed by atoms with van der Waals surface area (Å²) in [6.45, 7) is 3.54. The van der Waals surface area contributed by atoms with E-state index < -0.39 is 0 Å². The van der Waals surface area contributed by atoms with Gasteiger partial charge < -0.3 is 10.5 Å². The second-order valence-corrected chi connectivity index (χ2v) is 6.12. The van der Waals surface area contributed by atoms with Crippen molar-refractivity contribution in [3.8, 4) is 0 Å². The average molecular weight is 327 g/mol. The molecule has 1 aliphatic rings. The third-order valence-electron chi connectivity index (χ3n) is 3.91. The van der Waals surface area contributed by atoms with Crippen molar-refractivity contribution in [3.63, 3.8) is 0 Å². The van der Waals surface area contributed by atoms with Gasteiger partial charge in [-0.15, -0.1) is 0 Å². The lowest BCUT2D eigenvalue weighted by atomic mass is 9.98. The summed E-state index contributed by atoms with van der Waals surface area (Å²) < 4.78 is 6.56. The molecule has 0 spiro atoms. The Hall–Kier alpha value is -0.420. The Morgan fingerprint density at radius 2 is 2.05 bits per heavy atom. The summed E-state index contributed by atoms with van der Waals surface area (Å²) in [5.74, 6) is 0.732. The maximum absolute atomic E-state index is 5.99. The van der Waals surface area contributed by atoms with E-state index in [1.54, 1.807) is 0 Å². The van der Waals surface area contributed by atoms with Crippen LogP contribution in [0.5, 0.6) is 0 Å². The van der Waals surface area contributed by atoms with E-state index in [2.05, 4.69) is 46.1 Å².